The number of carbonyl (C=O) groups excluding carboxylic acids is 1. The zero-order valence-electron chi connectivity index (χ0n) is 13.6. The predicted octanol–water partition coefficient (Wildman–Crippen LogP) is 6.13. The molecule has 0 saturated heterocycles. The van der Waals surface area contributed by atoms with Crippen molar-refractivity contribution in [3.8, 4) is 11.1 Å². The van der Waals surface area contributed by atoms with Crippen molar-refractivity contribution < 1.29 is 4.79 Å². The lowest BCUT2D eigenvalue weighted by atomic mass is 10.1. The molecule has 0 aromatic heterocycles. The lowest BCUT2D eigenvalue weighted by Crippen LogP contribution is -2.12. The molecule has 0 fully saturated rings. The molecule has 3 rings (SSSR count). The average Bonchev–Trinajstić information content (AvgIpc) is 2.65. The van der Waals surface area contributed by atoms with Crippen LogP contribution in [0.1, 0.15) is 6.42 Å². The Labute approximate surface area is 157 Å². The third kappa shape index (κ3) is 5.38. The molecular weight excluding hydrogens is 350 g/mol. The standard InChI is InChI=1S/C21H18ClNOS/c22-18-8-12-20(13-9-18)25-15-14-21(24)23-19-10-6-17(7-11-19)16-4-2-1-3-5-16/h1-13H,14-15H2,(H,23,24). The van der Waals surface area contributed by atoms with E-state index >= 15 is 0 Å². The quantitative estimate of drug-likeness (QED) is 0.531. The number of benzene rings is 3. The largest absolute Gasteiger partial charge is 0.326 e. The third-order valence-corrected chi connectivity index (χ3v) is 4.95. The minimum absolute atomic E-state index is 0.0222. The van der Waals surface area contributed by atoms with Crippen molar-refractivity contribution in [3.05, 3.63) is 83.9 Å². The second kappa shape index (κ2) is 8.75. The van der Waals surface area contributed by atoms with Crippen LogP contribution < -0.4 is 5.32 Å². The van der Waals surface area contributed by atoms with Crippen LogP contribution >= 0.6 is 23.4 Å². The van der Waals surface area contributed by atoms with Crippen molar-refractivity contribution in [2.45, 2.75) is 11.3 Å². The number of thioether (sulfide) groups is 1. The van der Waals surface area contributed by atoms with Crippen molar-refractivity contribution in [1.82, 2.24) is 0 Å². The van der Waals surface area contributed by atoms with Crippen LogP contribution in [0.15, 0.2) is 83.8 Å². The van der Waals surface area contributed by atoms with E-state index in [9.17, 15) is 4.79 Å². The van der Waals surface area contributed by atoms with Gasteiger partial charge in [-0.2, -0.15) is 0 Å². The molecule has 0 unspecified atom stereocenters. The molecule has 0 spiro atoms. The van der Waals surface area contributed by atoms with E-state index in [0.29, 0.717) is 6.42 Å². The van der Waals surface area contributed by atoms with Crippen LogP contribution in [0, 0.1) is 0 Å². The van der Waals surface area contributed by atoms with Gasteiger partial charge in [0.05, 0.1) is 0 Å². The smallest absolute Gasteiger partial charge is 0.225 e. The van der Waals surface area contributed by atoms with Gasteiger partial charge in [0.1, 0.15) is 0 Å². The fraction of sp³-hybridized carbons (Fsp3) is 0.0952. The Morgan fingerprint density at radius 3 is 2.16 bits per heavy atom. The van der Waals surface area contributed by atoms with Crippen LogP contribution in [-0.2, 0) is 4.79 Å². The van der Waals surface area contributed by atoms with Crippen LogP contribution in [0.5, 0.6) is 0 Å². The van der Waals surface area contributed by atoms with Crippen LogP contribution in [0.2, 0.25) is 5.02 Å². The summed E-state index contributed by atoms with van der Waals surface area (Å²) in [6.45, 7) is 0. The highest BCUT2D eigenvalue weighted by molar-refractivity contribution is 7.99. The molecule has 0 aliphatic heterocycles. The molecule has 1 N–H and O–H groups in total. The number of anilines is 1. The van der Waals surface area contributed by atoms with E-state index in [0.717, 1.165) is 26.9 Å². The van der Waals surface area contributed by atoms with Gasteiger partial charge in [-0.05, 0) is 47.5 Å². The summed E-state index contributed by atoms with van der Waals surface area (Å²) in [5, 5.41) is 3.67. The maximum Gasteiger partial charge on any atom is 0.225 e. The molecule has 0 atom stereocenters. The predicted molar refractivity (Wildman–Crippen MR) is 107 cm³/mol. The van der Waals surface area contributed by atoms with E-state index in [1.807, 2.05) is 66.7 Å². The van der Waals surface area contributed by atoms with Crippen LogP contribution in [-0.4, -0.2) is 11.7 Å². The van der Waals surface area contributed by atoms with E-state index in [1.165, 1.54) is 5.56 Å². The highest BCUT2D eigenvalue weighted by Gasteiger charge is 2.04. The maximum absolute atomic E-state index is 12.1. The number of halogens is 1. The van der Waals surface area contributed by atoms with Crippen molar-refractivity contribution in [2.75, 3.05) is 11.1 Å². The fourth-order valence-corrected chi connectivity index (χ4v) is 3.37. The molecule has 2 nitrogen and oxygen atoms in total. The van der Waals surface area contributed by atoms with Gasteiger partial charge in [0.25, 0.3) is 0 Å². The number of nitrogens with one attached hydrogen (secondary N) is 1. The Morgan fingerprint density at radius 2 is 1.48 bits per heavy atom. The lowest BCUT2D eigenvalue weighted by Gasteiger charge is -2.07. The zero-order chi connectivity index (χ0) is 17.5. The van der Waals surface area contributed by atoms with Crippen molar-refractivity contribution in [1.29, 1.82) is 0 Å². The van der Waals surface area contributed by atoms with E-state index in [4.69, 9.17) is 11.6 Å². The van der Waals surface area contributed by atoms with Gasteiger partial charge in [-0.3, -0.25) is 4.79 Å². The third-order valence-electron chi connectivity index (χ3n) is 3.69. The second-order valence-electron chi connectivity index (χ2n) is 5.54. The van der Waals surface area contributed by atoms with Gasteiger partial charge < -0.3 is 5.32 Å². The summed E-state index contributed by atoms with van der Waals surface area (Å²) < 4.78 is 0. The molecule has 4 heteroatoms. The van der Waals surface area contributed by atoms with Crippen molar-refractivity contribution in [2.24, 2.45) is 0 Å². The Bertz CT molecular complexity index is 817. The molecule has 3 aromatic rings. The molecule has 0 heterocycles. The Morgan fingerprint density at radius 1 is 0.840 bits per heavy atom. The molecule has 3 aromatic carbocycles. The van der Waals surface area contributed by atoms with Gasteiger partial charge in [0, 0.05) is 27.8 Å². The summed E-state index contributed by atoms with van der Waals surface area (Å²) in [4.78, 5) is 13.2. The van der Waals surface area contributed by atoms with E-state index < -0.39 is 0 Å². The van der Waals surface area contributed by atoms with Gasteiger partial charge in [-0.25, -0.2) is 0 Å². The first-order chi connectivity index (χ1) is 12.2. The lowest BCUT2D eigenvalue weighted by molar-refractivity contribution is -0.115. The highest BCUT2D eigenvalue weighted by Crippen LogP contribution is 2.22. The number of hydrogen-bond acceptors (Lipinski definition) is 2. The molecular formula is C21H18ClNOS. The summed E-state index contributed by atoms with van der Waals surface area (Å²) in [5.41, 5.74) is 3.12. The zero-order valence-corrected chi connectivity index (χ0v) is 15.2. The monoisotopic (exact) mass is 367 g/mol. The maximum atomic E-state index is 12.1. The summed E-state index contributed by atoms with van der Waals surface area (Å²) >= 11 is 7.51. The van der Waals surface area contributed by atoms with Crippen LogP contribution in [0.3, 0.4) is 0 Å². The van der Waals surface area contributed by atoms with E-state index in [2.05, 4.69) is 17.4 Å². The van der Waals surface area contributed by atoms with Crippen molar-refractivity contribution in [3.63, 3.8) is 0 Å². The number of hydrogen-bond donors (Lipinski definition) is 1. The second-order valence-corrected chi connectivity index (χ2v) is 7.15. The van der Waals surface area contributed by atoms with Gasteiger partial charge in [-0.15, -0.1) is 11.8 Å². The van der Waals surface area contributed by atoms with E-state index in [-0.39, 0.29) is 5.91 Å². The van der Waals surface area contributed by atoms with Gasteiger partial charge in [0.2, 0.25) is 5.91 Å². The van der Waals surface area contributed by atoms with Crippen LogP contribution in [0.4, 0.5) is 5.69 Å². The molecule has 1 amide bonds. The number of carbonyl (C=O) groups is 1. The molecule has 0 aliphatic carbocycles. The summed E-state index contributed by atoms with van der Waals surface area (Å²) in [7, 11) is 0. The first-order valence-corrected chi connectivity index (χ1v) is 9.41. The molecule has 0 radical (unpaired) electrons. The molecule has 0 saturated carbocycles. The highest BCUT2D eigenvalue weighted by atomic mass is 35.5. The van der Waals surface area contributed by atoms with Crippen molar-refractivity contribution >= 4 is 35.0 Å². The normalized spacial score (nSPS) is 10.4. The summed E-state index contributed by atoms with van der Waals surface area (Å²) in [6.07, 6.45) is 0.466. The Balaban J connectivity index is 1.48. The minimum atomic E-state index is 0.0222. The topological polar surface area (TPSA) is 29.1 Å². The Hall–Kier alpha value is -2.23. The van der Waals surface area contributed by atoms with Gasteiger partial charge in [-0.1, -0.05) is 54.1 Å². The average molecular weight is 368 g/mol. The van der Waals surface area contributed by atoms with E-state index in [1.54, 1.807) is 11.8 Å². The summed E-state index contributed by atoms with van der Waals surface area (Å²) in [6, 6.07) is 25.7. The molecule has 126 valence electrons. The minimum Gasteiger partial charge on any atom is -0.326 e. The first kappa shape index (κ1) is 17.6. The SMILES string of the molecule is O=C(CCSc1ccc(Cl)cc1)Nc1ccc(-c2ccccc2)cc1. The van der Waals surface area contributed by atoms with Gasteiger partial charge in [0.15, 0.2) is 0 Å². The molecule has 0 bridgehead atoms. The van der Waals surface area contributed by atoms with Gasteiger partial charge >= 0.3 is 0 Å². The Kier molecular flexibility index (Phi) is 6.15. The first-order valence-electron chi connectivity index (χ1n) is 8.04. The fourth-order valence-electron chi connectivity index (χ4n) is 2.39. The summed E-state index contributed by atoms with van der Waals surface area (Å²) in [5.74, 6) is 0.754. The number of amides is 1. The number of rotatable bonds is 6. The van der Waals surface area contributed by atoms with Crippen LogP contribution in [0.25, 0.3) is 11.1 Å². The molecule has 25 heavy (non-hydrogen) atoms. The molecule has 0 aliphatic rings.